The van der Waals surface area contributed by atoms with Crippen molar-refractivity contribution in [2.75, 3.05) is 7.11 Å². The molecule has 1 aromatic heterocycles. The summed E-state index contributed by atoms with van der Waals surface area (Å²) < 4.78 is 6.17. The molecule has 0 atom stereocenters. The summed E-state index contributed by atoms with van der Waals surface area (Å²) >= 11 is 0. The fourth-order valence-electron chi connectivity index (χ4n) is 2.16. The first-order chi connectivity index (χ1) is 11.3. The van der Waals surface area contributed by atoms with Crippen LogP contribution >= 0.6 is 0 Å². The van der Waals surface area contributed by atoms with E-state index in [9.17, 15) is 14.4 Å². The van der Waals surface area contributed by atoms with Crippen molar-refractivity contribution in [3.05, 3.63) is 33.2 Å². The van der Waals surface area contributed by atoms with Gasteiger partial charge in [0, 0.05) is 30.5 Å². The Morgan fingerprint density at radius 2 is 2.08 bits per heavy atom. The summed E-state index contributed by atoms with van der Waals surface area (Å²) in [6.07, 6.45) is 0.142. The first-order valence-electron chi connectivity index (χ1n) is 7.24. The number of hydrogen-bond acceptors (Lipinski definition) is 6. The molecule has 0 saturated carbocycles. The lowest BCUT2D eigenvalue weighted by Crippen LogP contribution is -2.33. The van der Waals surface area contributed by atoms with E-state index >= 15 is 0 Å². The third-order valence-corrected chi connectivity index (χ3v) is 3.18. The number of methoxy groups -OCH3 is 1. The highest BCUT2D eigenvalue weighted by Gasteiger charge is 2.14. The van der Waals surface area contributed by atoms with Crippen molar-refractivity contribution in [3.63, 3.8) is 0 Å². The van der Waals surface area contributed by atoms with Crippen molar-refractivity contribution in [2.45, 2.75) is 40.3 Å². The molecule has 0 aliphatic heterocycles. The number of hydrogen-bond donors (Lipinski definition) is 1. The van der Waals surface area contributed by atoms with Gasteiger partial charge in [-0.25, -0.2) is 5.43 Å². The van der Waals surface area contributed by atoms with Gasteiger partial charge >= 0.3 is 0 Å². The summed E-state index contributed by atoms with van der Waals surface area (Å²) in [4.78, 5) is 35.3. The summed E-state index contributed by atoms with van der Waals surface area (Å²) in [5.41, 5.74) is 3.18. The number of carbonyl (C=O) groups excluding carboxylic acids is 2. The minimum Gasteiger partial charge on any atom is -0.380 e. The van der Waals surface area contributed by atoms with Gasteiger partial charge in [-0.2, -0.15) is 10.4 Å². The molecule has 24 heavy (non-hydrogen) atoms. The number of aryl methyl sites for hydroxylation is 1. The number of ketones is 1. The molecular formula is C16H20N4O4. The molecule has 0 aromatic carbocycles. The van der Waals surface area contributed by atoms with Crippen molar-refractivity contribution in [1.29, 1.82) is 5.26 Å². The molecule has 0 fully saturated rings. The van der Waals surface area contributed by atoms with Crippen molar-refractivity contribution >= 4 is 17.4 Å². The summed E-state index contributed by atoms with van der Waals surface area (Å²) in [5.74, 6) is -0.587. The van der Waals surface area contributed by atoms with E-state index in [2.05, 4.69) is 10.5 Å². The van der Waals surface area contributed by atoms with E-state index in [1.807, 2.05) is 6.07 Å². The van der Waals surface area contributed by atoms with E-state index < -0.39 is 11.5 Å². The maximum absolute atomic E-state index is 12.4. The van der Waals surface area contributed by atoms with Crippen LogP contribution in [0.25, 0.3) is 0 Å². The van der Waals surface area contributed by atoms with Crippen molar-refractivity contribution in [3.8, 4) is 6.07 Å². The quantitative estimate of drug-likeness (QED) is 0.581. The second kappa shape index (κ2) is 8.74. The van der Waals surface area contributed by atoms with Gasteiger partial charge in [0.05, 0.1) is 6.61 Å². The zero-order valence-electron chi connectivity index (χ0n) is 14.2. The largest absolute Gasteiger partial charge is 0.380 e. The number of nitriles is 1. The van der Waals surface area contributed by atoms with Gasteiger partial charge in [-0.3, -0.25) is 14.4 Å². The SMILES string of the molecule is COCc1cc(C)n(CC(=O)N/N=C(\C)CC(C)=O)c(=O)c1C#N. The number of aromatic nitrogens is 1. The molecule has 0 bridgehead atoms. The van der Waals surface area contributed by atoms with Gasteiger partial charge in [0.1, 0.15) is 24.0 Å². The number of Topliss-reactive ketones (excluding diaryl/α,β-unsaturated/α-hetero) is 1. The second-order valence-corrected chi connectivity index (χ2v) is 5.38. The predicted octanol–water partition coefficient (Wildman–Crippen LogP) is 0.646. The van der Waals surface area contributed by atoms with Crippen LogP contribution < -0.4 is 11.0 Å². The predicted molar refractivity (Wildman–Crippen MR) is 87.4 cm³/mol. The zero-order valence-corrected chi connectivity index (χ0v) is 14.2. The molecule has 1 aromatic rings. The number of nitrogens with one attached hydrogen (secondary N) is 1. The van der Waals surface area contributed by atoms with Gasteiger partial charge in [-0.05, 0) is 26.8 Å². The molecule has 0 unspecified atom stereocenters. The van der Waals surface area contributed by atoms with Crippen LogP contribution in [0.5, 0.6) is 0 Å². The maximum atomic E-state index is 12.4. The minimum absolute atomic E-state index is 0.0495. The average Bonchev–Trinajstić information content (AvgIpc) is 2.49. The summed E-state index contributed by atoms with van der Waals surface area (Å²) in [7, 11) is 1.47. The van der Waals surface area contributed by atoms with Crippen molar-refractivity contribution in [2.24, 2.45) is 5.10 Å². The van der Waals surface area contributed by atoms with Gasteiger partial charge in [0.25, 0.3) is 11.5 Å². The Kier molecular flexibility index (Phi) is 7.01. The number of hydrazone groups is 1. The molecule has 0 radical (unpaired) electrons. The number of ether oxygens (including phenoxy) is 1. The van der Waals surface area contributed by atoms with Crippen molar-refractivity contribution in [1.82, 2.24) is 9.99 Å². The lowest BCUT2D eigenvalue weighted by atomic mass is 10.1. The van der Waals surface area contributed by atoms with Crippen LogP contribution in [-0.4, -0.2) is 29.1 Å². The topological polar surface area (TPSA) is 114 Å². The Balaban J connectivity index is 3.00. The van der Waals surface area contributed by atoms with E-state index in [0.717, 1.165) is 0 Å². The van der Waals surface area contributed by atoms with Gasteiger partial charge < -0.3 is 9.30 Å². The van der Waals surface area contributed by atoms with E-state index in [0.29, 0.717) is 17.0 Å². The standard InChI is InChI=1S/C16H20N4O4/c1-10(5-12(3)21)18-19-15(22)8-20-11(2)6-13(9-24-4)14(7-17)16(20)23/h6H,5,8-9H2,1-4H3,(H,19,22)/b18-10+. The average molecular weight is 332 g/mol. The molecule has 0 spiro atoms. The Hall–Kier alpha value is -2.79. The lowest BCUT2D eigenvalue weighted by Gasteiger charge is -2.12. The summed E-state index contributed by atoms with van der Waals surface area (Å²) in [6.45, 7) is 4.57. The highest BCUT2D eigenvalue weighted by molar-refractivity contribution is 6.00. The van der Waals surface area contributed by atoms with E-state index in [4.69, 9.17) is 10.00 Å². The van der Waals surface area contributed by atoms with Crippen molar-refractivity contribution < 1.29 is 14.3 Å². The lowest BCUT2D eigenvalue weighted by molar-refractivity contribution is -0.121. The number of rotatable bonds is 7. The van der Waals surface area contributed by atoms with E-state index in [1.54, 1.807) is 19.9 Å². The molecule has 1 amide bonds. The number of pyridine rings is 1. The molecule has 128 valence electrons. The normalized spacial score (nSPS) is 11.0. The van der Waals surface area contributed by atoms with Gasteiger partial charge in [-0.1, -0.05) is 0 Å². The van der Waals surface area contributed by atoms with E-state index in [1.165, 1.54) is 18.6 Å². The Morgan fingerprint density at radius 1 is 1.42 bits per heavy atom. The number of amides is 1. The zero-order chi connectivity index (χ0) is 18.3. The number of carbonyl (C=O) groups is 2. The van der Waals surface area contributed by atoms with Gasteiger partial charge in [-0.15, -0.1) is 0 Å². The van der Waals surface area contributed by atoms with Crippen LogP contribution in [0.4, 0.5) is 0 Å². The molecule has 8 heteroatoms. The van der Waals surface area contributed by atoms with Crippen LogP contribution in [-0.2, 0) is 27.5 Å². The monoisotopic (exact) mass is 332 g/mol. The van der Waals surface area contributed by atoms with Gasteiger partial charge in [0.15, 0.2) is 0 Å². The van der Waals surface area contributed by atoms with Crippen LogP contribution in [0, 0.1) is 18.3 Å². The Morgan fingerprint density at radius 3 is 2.62 bits per heavy atom. The third-order valence-electron chi connectivity index (χ3n) is 3.18. The van der Waals surface area contributed by atoms with E-state index in [-0.39, 0.29) is 30.9 Å². The highest BCUT2D eigenvalue weighted by Crippen LogP contribution is 2.08. The number of nitrogens with zero attached hydrogens (tertiary/aromatic N) is 3. The van der Waals surface area contributed by atoms with Crippen LogP contribution in [0.2, 0.25) is 0 Å². The molecule has 0 aliphatic carbocycles. The van der Waals surface area contributed by atoms with Crippen LogP contribution in [0.3, 0.4) is 0 Å². The minimum atomic E-state index is -0.552. The summed E-state index contributed by atoms with van der Waals surface area (Å²) in [5, 5.41) is 13.0. The Bertz CT molecular complexity index is 772. The fourth-order valence-corrected chi connectivity index (χ4v) is 2.16. The molecule has 1 N–H and O–H groups in total. The van der Waals surface area contributed by atoms with Gasteiger partial charge in [0.2, 0.25) is 0 Å². The molecule has 1 rings (SSSR count). The second-order valence-electron chi connectivity index (χ2n) is 5.38. The Labute approximate surface area is 139 Å². The fraction of sp³-hybridized carbons (Fsp3) is 0.438. The maximum Gasteiger partial charge on any atom is 0.269 e. The smallest absolute Gasteiger partial charge is 0.269 e. The third kappa shape index (κ3) is 5.14. The molecule has 0 aliphatic rings. The van der Waals surface area contributed by atoms with Crippen LogP contribution in [0.15, 0.2) is 16.0 Å². The summed E-state index contributed by atoms with van der Waals surface area (Å²) in [6, 6.07) is 3.49. The first kappa shape index (κ1) is 19.3. The van der Waals surface area contributed by atoms with Crippen LogP contribution in [0.1, 0.15) is 37.1 Å². The highest BCUT2D eigenvalue weighted by atomic mass is 16.5. The molecule has 8 nitrogen and oxygen atoms in total. The molecule has 1 heterocycles. The molecular weight excluding hydrogens is 312 g/mol. The molecule has 0 saturated heterocycles. The first-order valence-corrected chi connectivity index (χ1v) is 7.24.